The fourth-order valence-corrected chi connectivity index (χ4v) is 1.62. The van der Waals surface area contributed by atoms with Crippen molar-refractivity contribution < 1.29 is 9.59 Å². The van der Waals surface area contributed by atoms with Crippen molar-refractivity contribution in [3.63, 3.8) is 0 Å². The van der Waals surface area contributed by atoms with E-state index in [1.165, 1.54) is 0 Å². The number of carbonyl (C=O) groups is 2. The van der Waals surface area contributed by atoms with E-state index in [4.69, 9.17) is 0 Å². The molecule has 1 aliphatic heterocycles. The Hall–Kier alpha value is -1.91. The molecule has 2 heterocycles. The molecule has 1 aromatic rings. The predicted molar refractivity (Wildman–Crippen MR) is 57.5 cm³/mol. The van der Waals surface area contributed by atoms with Crippen LogP contribution in [0.3, 0.4) is 0 Å². The number of aromatic nitrogens is 1. The van der Waals surface area contributed by atoms with Crippen molar-refractivity contribution in [1.29, 1.82) is 0 Å². The highest BCUT2D eigenvalue weighted by molar-refractivity contribution is 5.92. The molecule has 5 heteroatoms. The number of hydrogen-bond donors (Lipinski definition) is 1. The molecule has 0 aromatic carbocycles. The minimum atomic E-state index is -0.0886. The van der Waals surface area contributed by atoms with Crippen LogP contribution < -0.4 is 5.32 Å². The Morgan fingerprint density at radius 2 is 2.06 bits per heavy atom. The molecule has 0 radical (unpaired) electrons. The normalized spacial score (nSPS) is 16.1. The highest BCUT2D eigenvalue weighted by atomic mass is 16.2. The number of piperazine rings is 1. The van der Waals surface area contributed by atoms with Crippen LogP contribution >= 0.6 is 0 Å². The Balaban J connectivity index is 1.90. The van der Waals surface area contributed by atoms with Gasteiger partial charge >= 0.3 is 0 Å². The largest absolute Gasteiger partial charge is 0.345 e. The molecule has 0 unspecified atom stereocenters. The lowest BCUT2D eigenvalue weighted by atomic mass is 10.2. The van der Waals surface area contributed by atoms with Crippen LogP contribution in [0.25, 0.3) is 0 Å². The molecule has 1 saturated heterocycles. The maximum absolute atomic E-state index is 11.5. The average Bonchev–Trinajstić information content (AvgIpc) is 2.32. The zero-order chi connectivity index (χ0) is 11.4. The highest BCUT2D eigenvalue weighted by Gasteiger charge is 2.22. The van der Waals surface area contributed by atoms with Gasteiger partial charge in [-0.05, 0) is 24.1 Å². The SMILES string of the molecule is O=C1CN(CCc2ccncc2)C(=O)CN1. The number of nitrogens with zero attached hydrogens (tertiary/aromatic N) is 2. The first-order valence-electron chi connectivity index (χ1n) is 5.19. The predicted octanol–water partition coefficient (Wildman–Crippen LogP) is -0.418. The summed E-state index contributed by atoms with van der Waals surface area (Å²) in [6.45, 7) is 0.870. The van der Waals surface area contributed by atoms with E-state index < -0.39 is 0 Å². The third-order valence-electron chi connectivity index (χ3n) is 2.54. The lowest BCUT2D eigenvalue weighted by Crippen LogP contribution is -2.51. The van der Waals surface area contributed by atoms with Gasteiger partial charge in [-0.1, -0.05) is 0 Å². The van der Waals surface area contributed by atoms with Gasteiger partial charge in [0, 0.05) is 18.9 Å². The lowest BCUT2D eigenvalue weighted by molar-refractivity contribution is -0.140. The second-order valence-corrected chi connectivity index (χ2v) is 3.70. The van der Waals surface area contributed by atoms with Gasteiger partial charge in [-0.15, -0.1) is 0 Å². The van der Waals surface area contributed by atoms with Crippen LogP contribution in [0, 0.1) is 0 Å². The molecule has 0 atom stereocenters. The van der Waals surface area contributed by atoms with E-state index >= 15 is 0 Å². The molecule has 2 amide bonds. The summed E-state index contributed by atoms with van der Waals surface area (Å²) in [6.07, 6.45) is 4.20. The Kier molecular flexibility index (Phi) is 3.14. The molecule has 1 aromatic heterocycles. The molecule has 1 aliphatic rings. The van der Waals surface area contributed by atoms with E-state index in [9.17, 15) is 9.59 Å². The zero-order valence-electron chi connectivity index (χ0n) is 8.85. The summed E-state index contributed by atoms with van der Waals surface area (Å²) in [4.78, 5) is 28.1. The number of carbonyl (C=O) groups excluding carboxylic acids is 2. The van der Waals surface area contributed by atoms with Gasteiger partial charge in [0.1, 0.15) is 0 Å². The summed E-state index contributed by atoms with van der Waals surface area (Å²) < 4.78 is 0. The molecule has 0 spiro atoms. The van der Waals surface area contributed by atoms with Crippen molar-refractivity contribution in [3.8, 4) is 0 Å². The fraction of sp³-hybridized carbons (Fsp3) is 0.364. The first-order chi connectivity index (χ1) is 7.75. The molecule has 2 rings (SSSR count). The molecule has 16 heavy (non-hydrogen) atoms. The van der Waals surface area contributed by atoms with Gasteiger partial charge in [0.15, 0.2) is 0 Å². The second-order valence-electron chi connectivity index (χ2n) is 3.70. The molecule has 1 fully saturated rings. The van der Waals surface area contributed by atoms with Crippen molar-refractivity contribution in [1.82, 2.24) is 15.2 Å². The fourth-order valence-electron chi connectivity index (χ4n) is 1.62. The average molecular weight is 219 g/mol. The second kappa shape index (κ2) is 4.74. The third-order valence-corrected chi connectivity index (χ3v) is 2.54. The van der Waals surface area contributed by atoms with Gasteiger partial charge in [-0.2, -0.15) is 0 Å². The van der Waals surface area contributed by atoms with Crippen molar-refractivity contribution in [2.45, 2.75) is 6.42 Å². The van der Waals surface area contributed by atoms with E-state index in [2.05, 4.69) is 10.3 Å². The summed E-state index contributed by atoms with van der Waals surface area (Å²) in [7, 11) is 0. The van der Waals surface area contributed by atoms with E-state index in [1.807, 2.05) is 12.1 Å². The Morgan fingerprint density at radius 1 is 1.31 bits per heavy atom. The van der Waals surface area contributed by atoms with Crippen LogP contribution in [0.4, 0.5) is 0 Å². The molecular weight excluding hydrogens is 206 g/mol. The van der Waals surface area contributed by atoms with Crippen LogP contribution in [0.15, 0.2) is 24.5 Å². The van der Waals surface area contributed by atoms with Crippen LogP contribution in [0.1, 0.15) is 5.56 Å². The zero-order valence-corrected chi connectivity index (χ0v) is 8.85. The number of nitrogens with one attached hydrogen (secondary N) is 1. The van der Waals surface area contributed by atoms with E-state index in [0.717, 1.165) is 12.0 Å². The first kappa shape index (κ1) is 10.6. The standard InChI is InChI=1S/C11H13N3O2/c15-10-8-14(11(16)7-13-10)6-3-9-1-4-12-5-2-9/h1-2,4-5H,3,6-8H2,(H,13,15). The van der Waals surface area contributed by atoms with E-state index in [1.54, 1.807) is 17.3 Å². The van der Waals surface area contributed by atoms with Crippen LogP contribution in [0.5, 0.6) is 0 Å². The molecule has 1 N–H and O–H groups in total. The molecular formula is C11H13N3O2. The van der Waals surface area contributed by atoms with Gasteiger partial charge in [0.2, 0.25) is 11.8 Å². The van der Waals surface area contributed by atoms with Gasteiger partial charge in [0.05, 0.1) is 13.1 Å². The van der Waals surface area contributed by atoms with Gasteiger partial charge in [-0.3, -0.25) is 14.6 Å². The molecule has 0 saturated carbocycles. The smallest absolute Gasteiger partial charge is 0.242 e. The van der Waals surface area contributed by atoms with Gasteiger partial charge in [0.25, 0.3) is 0 Å². The topological polar surface area (TPSA) is 62.3 Å². The van der Waals surface area contributed by atoms with Crippen LogP contribution in [-0.2, 0) is 16.0 Å². The Labute approximate surface area is 93.5 Å². The summed E-state index contributed by atoms with van der Waals surface area (Å²) in [5.74, 6) is -0.108. The Morgan fingerprint density at radius 3 is 2.81 bits per heavy atom. The van der Waals surface area contributed by atoms with Crippen LogP contribution in [-0.4, -0.2) is 41.3 Å². The molecule has 0 aliphatic carbocycles. The van der Waals surface area contributed by atoms with E-state index in [-0.39, 0.29) is 24.9 Å². The summed E-state index contributed by atoms with van der Waals surface area (Å²) >= 11 is 0. The number of pyridine rings is 1. The molecule has 0 bridgehead atoms. The van der Waals surface area contributed by atoms with Gasteiger partial charge in [-0.25, -0.2) is 0 Å². The minimum Gasteiger partial charge on any atom is -0.345 e. The Bertz CT molecular complexity index is 391. The van der Waals surface area contributed by atoms with Crippen molar-refractivity contribution in [2.24, 2.45) is 0 Å². The van der Waals surface area contributed by atoms with Crippen LogP contribution in [0.2, 0.25) is 0 Å². The molecule has 5 nitrogen and oxygen atoms in total. The third kappa shape index (κ3) is 2.56. The van der Waals surface area contributed by atoms with Crippen molar-refractivity contribution in [2.75, 3.05) is 19.6 Å². The number of rotatable bonds is 3. The minimum absolute atomic E-state index is 0.0198. The maximum atomic E-state index is 11.5. The number of hydrogen-bond acceptors (Lipinski definition) is 3. The number of amides is 2. The first-order valence-corrected chi connectivity index (χ1v) is 5.19. The maximum Gasteiger partial charge on any atom is 0.242 e. The van der Waals surface area contributed by atoms with E-state index in [0.29, 0.717) is 6.54 Å². The monoisotopic (exact) mass is 219 g/mol. The molecule has 84 valence electrons. The summed E-state index contributed by atoms with van der Waals surface area (Å²) in [5, 5.41) is 2.52. The summed E-state index contributed by atoms with van der Waals surface area (Å²) in [5.41, 5.74) is 1.12. The lowest BCUT2D eigenvalue weighted by Gasteiger charge is -2.26. The van der Waals surface area contributed by atoms with Gasteiger partial charge < -0.3 is 10.2 Å². The quantitative estimate of drug-likeness (QED) is 0.751. The highest BCUT2D eigenvalue weighted by Crippen LogP contribution is 2.02. The summed E-state index contributed by atoms with van der Waals surface area (Å²) in [6, 6.07) is 3.82. The van der Waals surface area contributed by atoms with Crippen molar-refractivity contribution >= 4 is 11.8 Å². The van der Waals surface area contributed by atoms with Crippen molar-refractivity contribution in [3.05, 3.63) is 30.1 Å².